The van der Waals surface area contributed by atoms with Crippen LogP contribution in [0.1, 0.15) is 316 Å². The Bertz CT molecular complexity index is 1590. The predicted molar refractivity (Wildman–Crippen MR) is 343 cm³/mol. The molecule has 6 nitrogen and oxygen atoms in total. The second-order valence-corrected chi connectivity index (χ2v) is 22.0. The van der Waals surface area contributed by atoms with E-state index in [-0.39, 0.29) is 31.1 Å². The van der Waals surface area contributed by atoms with Gasteiger partial charge in [0.25, 0.3) is 0 Å². The first-order chi connectivity index (χ1) is 39.0. The summed E-state index contributed by atoms with van der Waals surface area (Å²) < 4.78 is 16.9. The molecule has 6 heteroatoms. The van der Waals surface area contributed by atoms with Gasteiger partial charge in [-0.15, -0.1) is 0 Å². The maximum atomic E-state index is 12.9. The quantitative estimate of drug-likeness (QED) is 0.0261. The second-order valence-electron chi connectivity index (χ2n) is 22.0. The number of unbranched alkanes of at least 4 members (excludes halogenated alkanes) is 31. The van der Waals surface area contributed by atoms with Crippen LogP contribution >= 0.6 is 0 Å². The van der Waals surface area contributed by atoms with Crippen LogP contribution in [0.15, 0.2) is 109 Å². The highest BCUT2D eigenvalue weighted by molar-refractivity contribution is 5.71. The van der Waals surface area contributed by atoms with Crippen molar-refractivity contribution in [2.75, 3.05) is 13.2 Å². The Morgan fingerprint density at radius 3 is 0.823 bits per heavy atom. The van der Waals surface area contributed by atoms with Gasteiger partial charge >= 0.3 is 17.9 Å². The summed E-state index contributed by atoms with van der Waals surface area (Å²) in [7, 11) is 0. The monoisotopic (exact) mass is 1100 g/mol. The highest BCUT2D eigenvalue weighted by Crippen LogP contribution is 2.17. The summed E-state index contributed by atoms with van der Waals surface area (Å²) in [6.07, 6.45) is 91.1. The second kappa shape index (κ2) is 66.6. The van der Waals surface area contributed by atoms with Gasteiger partial charge in [-0.25, -0.2) is 0 Å². The number of rotatable bonds is 60. The number of hydrogen-bond acceptors (Lipinski definition) is 6. The standard InChI is InChI=1S/C73H124O6/c1-4-7-10-13-16-19-22-25-26-27-28-29-30-31-32-33-34-35-36-37-38-39-40-41-42-43-44-45-46-49-51-54-57-60-63-66-72(75)78-69-70(79-73(76)67-64-61-58-55-52-48-24-21-18-15-12-9-6-3)68-77-71(74)65-62-59-56-53-50-47-23-20-17-14-11-8-5-2/h7,10,12,15-16,19,21,24-26,28-29,31-32,34-35,37-38,70H,4-6,8-9,11,13-14,17-18,20,22-23,27,30,33,36,39-69H2,1-3H3/b10-7-,15-12-,19-16-,24-21-,26-25-,29-28-,32-31-,35-34-,38-37-. The summed E-state index contributed by atoms with van der Waals surface area (Å²) in [4.78, 5) is 38.2. The highest BCUT2D eigenvalue weighted by Gasteiger charge is 2.19. The third-order valence-electron chi connectivity index (χ3n) is 14.2. The molecule has 0 saturated heterocycles. The topological polar surface area (TPSA) is 78.9 Å². The number of esters is 3. The van der Waals surface area contributed by atoms with Gasteiger partial charge < -0.3 is 14.2 Å². The first kappa shape index (κ1) is 75.1. The summed E-state index contributed by atoms with van der Waals surface area (Å²) >= 11 is 0. The lowest BCUT2D eigenvalue weighted by molar-refractivity contribution is -0.167. The Labute approximate surface area is 489 Å². The fourth-order valence-electron chi connectivity index (χ4n) is 9.29. The van der Waals surface area contributed by atoms with E-state index < -0.39 is 6.10 Å². The Morgan fingerprint density at radius 1 is 0.266 bits per heavy atom. The minimum atomic E-state index is -0.784. The lowest BCUT2D eigenvalue weighted by Gasteiger charge is -2.18. The van der Waals surface area contributed by atoms with Crippen LogP contribution in [-0.4, -0.2) is 37.2 Å². The van der Waals surface area contributed by atoms with Crippen molar-refractivity contribution in [3.8, 4) is 0 Å². The van der Waals surface area contributed by atoms with Gasteiger partial charge in [-0.3, -0.25) is 14.4 Å². The van der Waals surface area contributed by atoms with E-state index in [2.05, 4.69) is 130 Å². The van der Waals surface area contributed by atoms with Crippen LogP contribution in [0.2, 0.25) is 0 Å². The van der Waals surface area contributed by atoms with Crippen molar-refractivity contribution in [1.82, 2.24) is 0 Å². The number of ether oxygens (including phenoxy) is 3. The van der Waals surface area contributed by atoms with E-state index in [1.165, 1.54) is 141 Å². The third-order valence-corrected chi connectivity index (χ3v) is 14.2. The van der Waals surface area contributed by atoms with Crippen LogP contribution in [0, 0.1) is 0 Å². The normalized spacial score (nSPS) is 12.8. The van der Waals surface area contributed by atoms with Crippen molar-refractivity contribution in [2.24, 2.45) is 0 Å². The van der Waals surface area contributed by atoms with Crippen molar-refractivity contribution in [3.05, 3.63) is 109 Å². The van der Waals surface area contributed by atoms with Gasteiger partial charge in [0, 0.05) is 19.3 Å². The molecule has 0 aromatic rings. The number of hydrogen-bond donors (Lipinski definition) is 0. The van der Waals surface area contributed by atoms with Crippen LogP contribution in [0.25, 0.3) is 0 Å². The highest BCUT2D eigenvalue weighted by atomic mass is 16.6. The van der Waals surface area contributed by atoms with Crippen molar-refractivity contribution >= 4 is 17.9 Å². The Balaban J connectivity index is 4.14. The fourth-order valence-corrected chi connectivity index (χ4v) is 9.29. The van der Waals surface area contributed by atoms with Gasteiger partial charge in [0.05, 0.1) is 0 Å². The molecular formula is C73H124O6. The van der Waals surface area contributed by atoms with Gasteiger partial charge in [-0.1, -0.05) is 304 Å². The number of carbonyl (C=O) groups excluding carboxylic acids is 3. The molecule has 0 saturated carbocycles. The third kappa shape index (κ3) is 64.8. The average Bonchev–Trinajstić information content (AvgIpc) is 3.45. The SMILES string of the molecule is CC/C=C\C/C=C\C/C=C\C/C=C\C/C=C\C/C=C\C/C=C\CCCCCCCCCCCCCCCC(=O)OCC(COC(=O)CCCCCCCCCCCCCCC)OC(=O)CCCCCCC/C=C\C/C=C\CCC. The van der Waals surface area contributed by atoms with Crippen LogP contribution in [0.3, 0.4) is 0 Å². The van der Waals surface area contributed by atoms with E-state index in [1.807, 2.05) is 0 Å². The first-order valence-electron chi connectivity index (χ1n) is 33.4. The van der Waals surface area contributed by atoms with Gasteiger partial charge in [-0.05, 0) is 103 Å². The van der Waals surface area contributed by atoms with Crippen molar-refractivity contribution in [3.63, 3.8) is 0 Å². The van der Waals surface area contributed by atoms with E-state index in [0.29, 0.717) is 19.3 Å². The molecule has 0 heterocycles. The zero-order valence-electron chi connectivity index (χ0n) is 51.9. The Morgan fingerprint density at radius 2 is 0.519 bits per heavy atom. The van der Waals surface area contributed by atoms with Crippen LogP contribution in [0.4, 0.5) is 0 Å². The summed E-state index contributed by atoms with van der Waals surface area (Å²) in [5.41, 5.74) is 0. The van der Waals surface area contributed by atoms with Gasteiger partial charge in [0.2, 0.25) is 0 Å². The van der Waals surface area contributed by atoms with E-state index in [0.717, 1.165) is 135 Å². The molecule has 0 aromatic heterocycles. The average molecular weight is 1100 g/mol. The molecule has 0 N–H and O–H groups in total. The molecule has 0 aromatic carbocycles. The summed E-state index contributed by atoms with van der Waals surface area (Å²) in [6.45, 7) is 6.47. The molecule has 0 spiro atoms. The van der Waals surface area contributed by atoms with Crippen LogP contribution < -0.4 is 0 Å². The molecule has 1 atom stereocenters. The Kier molecular flexibility index (Phi) is 63.3. The van der Waals surface area contributed by atoms with E-state index in [4.69, 9.17) is 14.2 Å². The van der Waals surface area contributed by atoms with Crippen molar-refractivity contribution < 1.29 is 28.6 Å². The first-order valence-corrected chi connectivity index (χ1v) is 33.4. The van der Waals surface area contributed by atoms with Gasteiger partial charge in [0.1, 0.15) is 13.2 Å². The molecule has 0 amide bonds. The molecular weight excluding hydrogens is 973 g/mol. The minimum absolute atomic E-state index is 0.0800. The molecule has 0 aliphatic heterocycles. The molecule has 1 unspecified atom stereocenters. The largest absolute Gasteiger partial charge is 0.462 e. The zero-order chi connectivity index (χ0) is 57.1. The molecule has 0 bridgehead atoms. The minimum Gasteiger partial charge on any atom is -0.462 e. The molecule has 0 radical (unpaired) electrons. The lowest BCUT2D eigenvalue weighted by Crippen LogP contribution is -2.30. The van der Waals surface area contributed by atoms with E-state index in [1.54, 1.807) is 0 Å². The fraction of sp³-hybridized carbons (Fsp3) is 0.712. The van der Waals surface area contributed by atoms with E-state index >= 15 is 0 Å². The molecule has 0 rings (SSSR count). The van der Waals surface area contributed by atoms with Gasteiger partial charge in [-0.2, -0.15) is 0 Å². The molecule has 0 aliphatic carbocycles. The summed E-state index contributed by atoms with van der Waals surface area (Å²) in [5.74, 6) is -0.886. The zero-order valence-corrected chi connectivity index (χ0v) is 51.9. The maximum absolute atomic E-state index is 12.9. The maximum Gasteiger partial charge on any atom is 0.306 e. The number of allylic oxidation sites excluding steroid dienone is 18. The van der Waals surface area contributed by atoms with Crippen molar-refractivity contribution in [1.29, 1.82) is 0 Å². The summed E-state index contributed by atoms with van der Waals surface area (Å²) in [6, 6.07) is 0. The van der Waals surface area contributed by atoms with Gasteiger partial charge in [0.15, 0.2) is 6.10 Å². The molecule has 0 aliphatic rings. The summed E-state index contributed by atoms with van der Waals surface area (Å²) in [5, 5.41) is 0. The van der Waals surface area contributed by atoms with E-state index in [9.17, 15) is 14.4 Å². The van der Waals surface area contributed by atoms with Crippen LogP contribution in [0.5, 0.6) is 0 Å². The van der Waals surface area contributed by atoms with Crippen LogP contribution in [-0.2, 0) is 28.6 Å². The lowest BCUT2D eigenvalue weighted by atomic mass is 10.0. The predicted octanol–water partition coefficient (Wildman–Crippen LogP) is 23.0. The molecule has 0 fully saturated rings. The molecule has 452 valence electrons. The Hall–Kier alpha value is -3.93. The van der Waals surface area contributed by atoms with Crippen molar-refractivity contribution in [2.45, 2.75) is 322 Å². The smallest absolute Gasteiger partial charge is 0.306 e. The molecule has 79 heavy (non-hydrogen) atoms. The number of carbonyl (C=O) groups is 3.